The number of rotatable bonds is 5. The number of non-ortho nitro benzene ring substituents is 1. The lowest BCUT2D eigenvalue weighted by atomic mass is 10.1. The average Bonchev–Trinajstić information content (AvgIpc) is 2.73. The quantitative estimate of drug-likeness (QED) is 0.448. The highest BCUT2D eigenvalue weighted by Gasteiger charge is 2.31. The van der Waals surface area contributed by atoms with E-state index >= 15 is 0 Å². The summed E-state index contributed by atoms with van der Waals surface area (Å²) in [6.07, 6.45) is -4.61. The van der Waals surface area contributed by atoms with Crippen LogP contribution >= 0.6 is 0 Å². The number of benzene rings is 3. The molecule has 0 spiro atoms. The maximum absolute atomic E-state index is 13.0. The van der Waals surface area contributed by atoms with Gasteiger partial charge in [-0.25, -0.2) is 8.42 Å². The molecule has 0 heterocycles. The minimum Gasteiger partial charge on any atom is -0.322 e. The zero-order chi connectivity index (χ0) is 22.8. The van der Waals surface area contributed by atoms with Gasteiger partial charge in [0.1, 0.15) is 0 Å². The predicted molar refractivity (Wildman–Crippen MR) is 104 cm³/mol. The van der Waals surface area contributed by atoms with E-state index in [-0.39, 0.29) is 21.8 Å². The van der Waals surface area contributed by atoms with Gasteiger partial charge in [0, 0.05) is 17.8 Å². The maximum Gasteiger partial charge on any atom is 0.416 e. The van der Waals surface area contributed by atoms with E-state index in [9.17, 15) is 36.5 Å². The minimum absolute atomic E-state index is 0.164. The van der Waals surface area contributed by atoms with Crippen LogP contribution in [0.4, 0.5) is 24.5 Å². The molecule has 0 aliphatic heterocycles. The summed E-state index contributed by atoms with van der Waals surface area (Å²) < 4.78 is 64.6. The van der Waals surface area contributed by atoms with Gasteiger partial charge in [-0.15, -0.1) is 0 Å². The van der Waals surface area contributed by atoms with Crippen molar-refractivity contribution in [2.75, 3.05) is 5.32 Å². The molecule has 0 aliphatic rings. The van der Waals surface area contributed by atoms with Crippen LogP contribution in [0, 0.1) is 10.1 Å². The third-order valence-corrected chi connectivity index (χ3v) is 6.05. The molecule has 0 bridgehead atoms. The molecule has 0 aliphatic carbocycles. The van der Waals surface area contributed by atoms with Crippen LogP contribution in [0.3, 0.4) is 0 Å². The Morgan fingerprint density at radius 2 is 1.58 bits per heavy atom. The van der Waals surface area contributed by atoms with Crippen LogP contribution in [0.15, 0.2) is 82.6 Å². The minimum atomic E-state index is -4.61. The summed E-state index contributed by atoms with van der Waals surface area (Å²) in [5, 5.41) is 13.0. The second kappa shape index (κ2) is 8.19. The third-order valence-electron chi connectivity index (χ3n) is 4.23. The number of halogens is 3. The van der Waals surface area contributed by atoms with Crippen molar-refractivity contribution in [3.8, 4) is 0 Å². The molecule has 0 saturated carbocycles. The molecule has 11 heteroatoms. The van der Waals surface area contributed by atoms with Crippen molar-refractivity contribution in [2.45, 2.75) is 16.0 Å². The summed E-state index contributed by atoms with van der Waals surface area (Å²) in [6, 6.07) is 13.2. The first-order valence-electron chi connectivity index (χ1n) is 8.57. The number of nitro groups is 1. The van der Waals surface area contributed by atoms with Crippen LogP contribution in [-0.2, 0) is 16.0 Å². The van der Waals surface area contributed by atoms with Gasteiger partial charge < -0.3 is 5.32 Å². The van der Waals surface area contributed by atoms with E-state index in [1.54, 1.807) is 0 Å². The van der Waals surface area contributed by atoms with Crippen LogP contribution in [-0.4, -0.2) is 19.2 Å². The number of alkyl halides is 3. The van der Waals surface area contributed by atoms with E-state index in [2.05, 4.69) is 5.32 Å². The molecule has 0 atom stereocenters. The van der Waals surface area contributed by atoms with E-state index in [4.69, 9.17) is 0 Å². The van der Waals surface area contributed by atoms with Crippen molar-refractivity contribution in [3.63, 3.8) is 0 Å². The van der Waals surface area contributed by atoms with Crippen molar-refractivity contribution in [2.24, 2.45) is 0 Å². The van der Waals surface area contributed by atoms with Gasteiger partial charge >= 0.3 is 6.18 Å². The fourth-order valence-corrected chi connectivity index (χ4v) is 4.19. The van der Waals surface area contributed by atoms with Gasteiger partial charge in [-0.1, -0.05) is 18.2 Å². The molecule has 160 valence electrons. The van der Waals surface area contributed by atoms with Gasteiger partial charge in [0.15, 0.2) is 0 Å². The van der Waals surface area contributed by atoms with E-state index < -0.39 is 37.3 Å². The SMILES string of the molecule is O=C(Nc1cccc(C(F)(F)F)c1)c1ccccc1S(=O)(=O)c1ccc([N+](=O)[O-])cc1. The van der Waals surface area contributed by atoms with Crippen molar-refractivity contribution in [1.82, 2.24) is 0 Å². The summed E-state index contributed by atoms with van der Waals surface area (Å²) in [5.41, 5.74) is -1.74. The van der Waals surface area contributed by atoms with E-state index in [0.717, 1.165) is 48.5 Å². The third kappa shape index (κ3) is 4.72. The topological polar surface area (TPSA) is 106 Å². The first-order valence-corrected chi connectivity index (χ1v) is 10.1. The monoisotopic (exact) mass is 450 g/mol. The summed E-state index contributed by atoms with van der Waals surface area (Å²) in [7, 11) is -4.24. The summed E-state index contributed by atoms with van der Waals surface area (Å²) in [4.78, 5) is 22.1. The molecule has 0 unspecified atom stereocenters. The highest BCUT2D eigenvalue weighted by molar-refractivity contribution is 7.91. The fourth-order valence-electron chi connectivity index (χ4n) is 2.73. The molecule has 3 aromatic carbocycles. The summed E-state index contributed by atoms with van der Waals surface area (Å²) in [6.45, 7) is 0. The lowest BCUT2D eigenvalue weighted by Gasteiger charge is -2.12. The molecule has 0 saturated heterocycles. The van der Waals surface area contributed by atoms with Crippen LogP contribution in [0.25, 0.3) is 0 Å². The number of amides is 1. The van der Waals surface area contributed by atoms with Gasteiger partial charge in [-0.05, 0) is 42.5 Å². The molecule has 3 rings (SSSR count). The number of hydrogen-bond donors (Lipinski definition) is 1. The van der Waals surface area contributed by atoms with Gasteiger partial charge in [0.25, 0.3) is 11.6 Å². The number of nitro benzene ring substituents is 1. The molecule has 3 aromatic rings. The second-order valence-corrected chi connectivity index (χ2v) is 8.20. The Morgan fingerprint density at radius 3 is 2.19 bits per heavy atom. The molecule has 0 radical (unpaired) electrons. The Morgan fingerprint density at radius 1 is 0.935 bits per heavy atom. The normalized spacial score (nSPS) is 11.7. The average molecular weight is 450 g/mol. The number of sulfone groups is 1. The Labute approximate surface area is 174 Å². The Balaban J connectivity index is 1.96. The van der Waals surface area contributed by atoms with Crippen molar-refractivity contribution in [3.05, 3.63) is 94.0 Å². The lowest BCUT2D eigenvalue weighted by Crippen LogP contribution is -2.17. The van der Waals surface area contributed by atoms with Crippen LogP contribution in [0.5, 0.6) is 0 Å². The van der Waals surface area contributed by atoms with Crippen LogP contribution < -0.4 is 5.32 Å². The van der Waals surface area contributed by atoms with E-state index in [1.165, 1.54) is 24.3 Å². The number of anilines is 1. The highest BCUT2D eigenvalue weighted by Crippen LogP contribution is 2.31. The molecular formula is C20H13F3N2O5S. The summed E-state index contributed by atoms with van der Waals surface area (Å²) in [5.74, 6) is -0.930. The molecular weight excluding hydrogens is 437 g/mol. The first-order chi connectivity index (χ1) is 14.5. The number of carbonyl (C=O) groups is 1. The van der Waals surface area contributed by atoms with Gasteiger partial charge in [0.05, 0.1) is 25.8 Å². The smallest absolute Gasteiger partial charge is 0.322 e. The molecule has 1 amide bonds. The Kier molecular flexibility index (Phi) is 5.80. The molecule has 0 fully saturated rings. The van der Waals surface area contributed by atoms with E-state index in [1.807, 2.05) is 0 Å². The Bertz CT molecular complexity index is 1260. The van der Waals surface area contributed by atoms with Crippen LogP contribution in [0.2, 0.25) is 0 Å². The number of hydrogen-bond acceptors (Lipinski definition) is 5. The second-order valence-electron chi connectivity index (χ2n) is 6.28. The van der Waals surface area contributed by atoms with Gasteiger partial charge in [0.2, 0.25) is 9.84 Å². The fraction of sp³-hybridized carbons (Fsp3) is 0.0500. The number of nitrogens with one attached hydrogen (secondary N) is 1. The summed E-state index contributed by atoms with van der Waals surface area (Å²) >= 11 is 0. The number of carbonyl (C=O) groups excluding carboxylic acids is 1. The first kappa shape index (κ1) is 22.0. The van der Waals surface area contributed by atoms with Crippen molar-refractivity contribution >= 4 is 27.1 Å². The molecule has 31 heavy (non-hydrogen) atoms. The molecule has 0 aromatic heterocycles. The van der Waals surface area contributed by atoms with E-state index in [0.29, 0.717) is 0 Å². The largest absolute Gasteiger partial charge is 0.416 e. The predicted octanol–water partition coefficient (Wildman–Crippen LogP) is 4.70. The standard InChI is InChI=1S/C20H13F3N2O5S/c21-20(22,23)13-4-3-5-14(12-13)24-19(26)17-6-1-2-7-18(17)31(29,30)16-10-8-15(9-11-16)25(27)28/h1-12H,(H,24,26). The zero-order valence-corrected chi connectivity index (χ0v) is 16.3. The molecule has 1 N–H and O–H groups in total. The van der Waals surface area contributed by atoms with Gasteiger partial charge in [-0.2, -0.15) is 13.2 Å². The Hall–Kier alpha value is -3.73. The van der Waals surface area contributed by atoms with Gasteiger partial charge in [-0.3, -0.25) is 14.9 Å². The lowest BCUT2D eigenvalue weighted by molar-refractivity contribution is -0.384. The van der Waals surface area contributed by atoms with Crippen LogP contribution in [0.1, 0.15) is 15.9 Å². The highest BCUT2D eigenvalue weighted by atomic mass is 32.2. The zero-order valence-electron chi connectivity index (χ0n) is 15.5. The van der Waals surface area contributed by atoms with Crippen molar-refractivity contribution in [1.29, 1.82) is 0 Å². The molecule has 7 nitrogen and oxygen atoms in total. The maximum atomic E-state index is 13.0. The number of nitrogens with zero attached hydrogens (tertiary/aromatic N) is 1. The van der Waals surface area contributed by atoms with Crippen molar-refractivity contribution < 1.29 is 31.3 Å².